The number of hydrogen-bond acceptors (Lipinski definition) is 3. The Hall–Kier alpha value is 0.300. The van der Waals surface area contributed by atoms with Crippen LogP contribution in [0.15, 0.2) is 0 Å². The van der Waals surface area contributed by atoms with Gasteiger partial charge in [0.1, 0.15) is 4.58 Å². The predicted octanol–water partition coefficient (Wildman–Crippen LogP) is 1.87. The molecule has 1 saturated carbocycles. The molecule has 0 aliphatic heterocycles. The minimum absolute atomic E-state index is 0.345. The van der Waals surface area contributed by atoms with Crippen molar-refractivity contribution in [2.45, 2.75) is 37.2 Å². The molecule has 0 spiro atoms. The molecule has 2 nitrogen and oxygen atoms in total. The molecular weight excluding hydrogens is 192 g/mol. The van der Waals surface area contributed by atoms with Crippen molar-refractivity contribution in [3.05, 3.63) is 0 Å². The molecule has 1 rings (SSSR count). The molecule has 72 valence electrons. The second-order valence-corrected chi connectivity index (χ2v) is 7.07. The Morgan fingerprint density at radius 1 is 1.42 bits per heavy atom. The van der Waals surface area contributed by atoms with Gasteiger partial charge in [0.2, 0.25) is 0 Å². The molecule has 0 amide bonds. The van der Waals surface area contributed by atoms with Crippen molar-refractivity contribution in [2.24, 2.45) is 5.92 Å². The molecule has 0 aromatic heterocycles. The van der Waals surface area contributed by atoms with E-state index in [1.165, 1.54) is 12.8 Å². The first-order valence-electron chi connectivity index (χ1n) is 4.42. The molecule has 1 atom stereocenters. The van der Waals surface area contributed by atoms with Crippen LogP contribution in [0.1, 0.15) is 32.6 Å². The molecule has 0 bridgehead atoms. The van der Waals surface area contributed by atoms with Crippen molar-refractivity contribution in [1.29, 1.82) is 0 Å². The molecule has 0 radical (unpaired) electrons. The van der Waals surface area contributed by atoms with E-state index in [0.717, 1.165) is 12.8 Å². The SMILES string of the molecule is CC(S)S(=O)(=O)CC1CCCC1. The van der Waals surface area contributed by atoms with Gasteiger partial charge in [-0.1, -0.05) is 12.8 Å². The van der Waals surface area contributed by atoms with Crippen LogP contribution in [0.4, 0.5) is 0 Å². The highest BCUT2D eigenvalue weighted by molar-refractivity contribution is 8.04. The zero-order valence-electron chi connectivity index (χ0n) is 7.36. The Kier molecular flexibility index (Phi) is 3.47. The van der Waals surface area contributed by atoms with E-state index < -0.39 is 14.4 Å². The van der Waals surface area contributed by atoms with Crippen LogP contribution in [-0.4, -0.2) is 18.8 Å². The van der Waals surface area contributed by atoms with Crippen molar-refractivity contribution in [3.63, 3.8) is 0 Å². The minimum Gasteiger partial charge on any atom is -0.228 e. The molecular formula is C8H16O2S2. The Balaban J connectivity index is 2.49. The number of hydrogen-bond donors (Lipinski definition) is 1. The van der Waals surface area contributed by atoms with Crippen molar-refractivity contribution >= 4 is 22.5 Å². The van der Waals surface area contributed by atoms with E-state index in [4.69, 9.17) is 0 Å². The fourth-order valence-corrected chi connectivity index (χ4v) is 3.17. The second kappa shape index (κ2) is 4.01. The molecule has 1 aliphatic rings. The van der Waals surface area contributed by atoms with E-state index in [1.54, 1.807) is 6.92 Å². The van der Waals surface area contributed by atoms with Crippen LogP contribution in [0.5, 0.6) is 0 Å². The number of thiol groups is 1. The molecule has 0 N–H and O–H groups in total. The Bertz CT molecular complexity index is 225. The zero-order chi connectivity index (χ0) is 9.19. The van der Waals surface area contributed by atoms with Crippen molar-refractivity contribution < 1.29 is 8.42 Å². The van der Waals surface area contributed by atoms with Gasteiger partial charge in [0.15, 0.2) is 9.84 Å². The van der Waals surface area contributed by atoms with E-state index in [9.17, 15) is 8.42 Å². The van der Waals surface area contributed by atoms with Crippen LogP contribution in [0, 0.1) is 5.92 Å². The topological polar surface area (TPSA) is 34.1 Å². The van der Waals surface area contributed by atoms with Gasteiger partial charge in [-0.05, 0) is 25.7 Å². The Morgan fingerprint density at radius 2 is 1.92 bits per heavy atom. The molecule has 0 aromatic rings. The molecule has 0 aromatic carbocycles. The van der Waals surface area contributed by atoms with Gasteiger partial charge in [0.25, 0.3) is 0 Å². The molecule has 1 aliphatic carbocycles. The minimum atomic E-state index is -2.92. The summed E-state index contributed by atoms with van der Waals surface area (Å²) in [5.74, 6) is 0.752. The summed E-state index contributed by atoms with van der Waals surface area (Å²) in [5, 5.41) is 0. The van der Waals surface area contributed by atoms with E-state index in [1.807, 2.05) is 0 Å². The van der Waals surface area contributed by atoms with Crippen LogP contribution >= 0.6 is 12.6 Å². The first-order chi connectivity index (χ1) is 5.52. The predicted molar refractivity (Wildman–Crippen MR) is 54.2 cm³/mol. The van der Waals surface area contributed by atoms with Crippen LogP contribution in [0.3, 0.4) is 0 Å². The second-order valence-electron chi connectivity index (χ2n) is 3.58. The number of sulfone groups is 1. The largest absolute Gasteiger partial charge is 0.228 e. The lowest BCUT2D eigenvalue weighted by Gasteiger charge is -2.11. The Morgan fingerprint density at radius 3 is 2.33 bits per heavy atom. The van der Waals surface area contributed by atoms with Crippen molar-refractivity contribution in [1.82, 2.24) is 0 Å². The summed E-state index contributed by atoms with van der Waals surface area (Å²) in [6.45, 7) is 1.63. The number of rotatable bonds is 3. The normalized spacial score (nSPS) is 22.8. The van der Waals surface area contributed by atoms with E-state index in [0.29, 0.717) is 11.7 Å². The quantitative estimate of drug-likeness (QED) is 0.718. The maximum absolute atomic E-state index is 11.4. The summed E-state index contributed by atoms with van der Waals surface area (Å²) in [6, 6.07) is 0. The maximum Gasteiger partial charge on any atom is 0.162 e. The van der Waals surface area contributed by atoms with Gasteiger partial charge in [-0.25, -0.2) is 8.42 Å². The van der Waals surface area contributed by atoms with E-state index >= 15 is 0 Å². The van der Waals surface area contributed by atoms with E-state index in [-0.39, 0.29) is 0 Å². The highest BCUT2D eigenvalue weighted by Gasteiger charge is 2.24. The average Bonchev–Trinajstić information content (AvgIpc) is 2.38. The monoisotopic (exact) mass is 208 g/mol. The van der Waals surface area contributed by atoms with E-state index in [2.05, 4.69) is 12.6 Å². The highest BCUT2D eigenvalue weighted by Crippen LogP contribution is 2.27. The van der Waals surface area contributed by atoms with Gasteiger partial charge in [-0.3, -0.25) is 0 Å². The molecule has 1 fully saturated rings. The average molecular weight is 208 g/mol. The van der Waals surface area contributed by atoms with Gasteiger partial charge in [0.05, 0.1) is 5.75 Å². The summed E-state index contributed by atoms with van der Waals surface area (Å²) in [7, 11) is -2.92. The highest BCUT2D eigenvalue weighted by atomic mass is 32.2. The summed E-state index contributed by atoms with van der Waals surface area (Å²) < 4.78 is 22.3. The lowest BCUT2D eigenvalue weighted by atomic mass is 10.1. The standard InChI is InChI=1S/C8H16O2S2/c1-7(11)12(9,10)6-8-4-2-3-5-8/h7-8,11H,2-6H2,1H3. The molecule has 12 heavy (non-hydrogen) atoms. The molecule has 4 heteroatoms. The van der Waals surface area contributed by atoms with Crippen molar-refractivity contribution in [2.75, 3.05) is 5.75 Å². The fraction of sp³-hybridized carbons (Fsp3) is 1.00. The van der Waals surface area contributed by atoms with Crippen LogP contribution in [0.25, 0.3) is 0 Å². The van der Waals surface area contributed by atoms with Gasteiger partial charge in [-0.15, -0.1) is 0 Å². The summed E-state index contributed by atoms with van der Waals surface area (Å²) >= 11 is 3.96. The molecule has 1 unspecified atom stereocenters. The van der Waals surface area contributed by atoms with Gasteiger partial charge in [-0.2, -0.15) is 12.6 Å². The van der Waals surface area contributed by atoms with Gasteiger partial charge < -0.3 is 0 Å². The summed E-state index contributed by atoms with van der Waals surface area (Å²) in [6.07, 6.45) is 4.56. The first-order valence-corrected chi connectivity index (χ1v) is 6.65. The fourth-order valence-electron chi connectivity index (χ4n) is 1.64. The third-order valence-corrected chi connectivity index (χ3v) is 5.40. The maximum atomic E-state index is 11.4. The smallest absolute Gasteiger partial charge is 0.162 e. The third kappa shape index (κ3) is 2.66. The summed E-state index contributed by atoms with van der Waals surface area (Å²) in [4.78, 5) is 0. The summed E-state index contributed by atoms with van der Waals surface area (Å²) in [5.41, 5.74) is 0. The first kappa shape index (κ1) is 10.4. The lowest BCUT2D eigenvalue weighted by Crippen LogP contribution is -2.20. The molecule has 0 heterocycles. The lowest BCUT2D eigenvalue weighted by molar-refractivity contribution is 0.558. The van der Waals surface area contributed by atoms with Crippen LogP contribution in [-0.2, 0) is 9.84 Å². The van der Waals surface area contributed by atoms with Crippen LogP contribution in [0.2, 0.25) is 0 Å². The third-order valence-electron chi connectivity index (χ3n) is 2.46. The van der Waals surface area contributed by atoms with Gasteiger partial charge in [0, 0.05) is 0 Å². The van der Waals surface area contributed by atoms with Gasteiger partial charge >= 0.3 is 0 Å². The van der Waals surface area contributed by atoms with Crippen LogP contribution < -0.4 is 0 Å². The zero-order valence-corrected chi connectivity index (χ0v) is 9.07. The molecule has 0 saturated heterocycles. The Labute approximate surface area is 80.1 Å². The van der Waals surface area contributed by atoms with Crippen molar-refractivity contribution in [3.8, 4) is 0 Å².